The maximum atomic E-state index is 4.81. The molecule has 0 atom stereocenters. The molecule has 6 aromatic rings. The number of rotatable bonds is 3. The second-order valence-corrected chi connectivity index (χ2v) is 6.76. The molecule has 0 aliphatic carbocycles. The lowest BCUT2D eigenvalue weighted by Crippen LogP contribution is -1.88. The van der Waals surface area contributed by atoms with E-state index in [1.165, 1.54) is 0 Å². The normalized spacial score (nSPS) is 11.3. The Hall–Kier alpha value is -4.46. The van der Waals surface area contributed by atoms with Gasteiger partial charge < -0.3 is 4.98 Å². The van der Waals surface area contributed by atoms with E-state index in [9.17, 15) is 0 Å². The Balaban J connectivity index is 1.52. The molecule has 6 aromatic heterocycles. The van der Waals surface area contributed by atoms with Crippen LogP contribution in [0.1, 0.15) is 0 Å². The van der Waals surface area contributed by atoms with E-state index < -0.39 is 0 Å². The van der Waals surface area contributed by atoms with Gasteiger partial charge in [0.05, 0.1) is 16.9 Å². The zero-order valence-electron chi connectivity index (χ0n) is 15.6. The summed E-state index contributed by atoms with van der Waals surface area (Å²) in [6.07, 6.45) is 7.04. The minimum atomic E-state index is 0.607. The van der Waals surface area contributed by atoms with E-state index in [2.05, 4.69) is 30.1 Å². The molecule has 0 aromatic carbocycles. The van der Waals surface area contributed by atoms with Gasteiger partial charge >= 0.3 is 0 Å². The Morgan fingerprint density at radius 1 is 0.700 bits per heavy atom. The van der Waals surface area contributed by atoms with Crippen molar-refractivity contribution in [1.82, 2.24) is 40.1 Å². The SMILES string of the molecule is c1ccc(-c2ccc3[nH]nc(-c4nc5c(-c6ccncc6)ccnc5[nH]4)c3n2)nc1. The highest BCUT2D eigenvalue weighted by Crippen LogP contribution is 2.30. The molecule has 0 radical (unpaired) electrons. The molecule has 0 unspecified atom stereocenters. The molecule has 2 N–H and O–H groups in total. The minimum Gasteiger partial charge on any atom is -0.321 e. The zero-order valence-corrected chi connectivity index (χ0v) is 15.6. The van der Waals surface area contributed by atoms with Gasteiger partial charge in [-0.05, 0) is 48.0 Å². The third kappa shape index (κ3) is 2.62. The number of pyridine rings is 4. The average molecular weight is 390 g/mol. The topological polar surface area (TPSA) is 109 Å². The molecule has 142 valence electrons. The van der Waals surface area contributed by atoms with E-state index in [-0.39, 0.29) is 0 Å². The van der Waals surface area contributed by atoms with Crippen molar-refractivity contribution in [3.63, 3.8) is 0 Å². The van der Waals surface area contributed by atoms with Crippen LogP contribution in [0.3, 0.4) is 0 Å². The Morgan fingerprint density at radius 3 is 2.50 bits per heavy atom. The number of hydrogen-bond acceptors (Lipinski definition) is 6. The standard InChI is InChI=1S/C22H14N8/c1-2-9-24-15(3-1)16-4-5-17-19(26-16)20(30-29-17)22-27-18-14(8-12-25-21(18)28-22)13-6-10-23-11-7-13/h1-12H,(H,29,30)(H,25,27,28). The van der Waals surface area contributed by atoms with Gasteiger partial charge in [-0.1, -0.05) is 6.07 Å². The van der Waals surface area contributed by atoms with Crippen molar-refractivity contribution in [2.75, 3.05) is 0 Å². The van der Waals surface area contributed by atoms with Crippen LogP contribution in [0.4, 0.5) is 0 Å². The maximum absolute atomic E-state index is 4.81. The van der Waals surface area contributed by atoms with Crippen LogP contribution in [-0.4, -0.2) is 40.1 Å². The first-order valence-corrected chi connectivity index (χ1v) is 9.39. The summed E-state index contributed by atoms with van der Waals surface area (Å²) < 4.78 is 0. The number of nitrogens with one attached hydrogen (secondary N) is 2. The molecule has 0 spiro atoms. The van der Waals surface area contributed by atoms with Gasteiger partial charge in [0.25, 0.3) is 0 Å². The molecule has 0 saturated heterocycles. The van der Waals surface area contributed by atoms with E-state index in [0.29, 0.717) is 17.2 Å². The summed E-state index contributed by atoms with van der Waals surface area (Å²) in [6.45, 7) is 0. The van der Waals surface area contributed by atoms with Crippen molar-refractivity contribution < 1.29 is 0 Å². The number of hydrogen-bond donors (Lipinski definition) is 2. The Kier molecular flexibility index (Phi) is 3.60. The van der Waals surface area contributed by atoms with Crippen LogP contribution in [0.25, 0.3) is 56.2 Å². The third-order valence-corrected chi connectivity index (χ3v) is 4.94. The van der Waals surface area contributed by atoms with Gasteiger partial charge in [-0.3, -0.25) is 15.1 Å². The molecule has 0 fully saturated rings. The Labute approximate surface area is 170 Å². The monoisotopic (exact) mass is 390 g/mol. The van der Waals surface area contributed by atoms with Crippen molar-refractivity contribution in [2.24, 2.45) is 0 Å². The molecule has 8 nitrogen and oxygen atoms in total. The lowest BCUT2D eigenvalue weighted by molar-refractivity contribution is 1.10. The number of H-pyrrole nitrogens is 2. The van der Waals surface area contributed by atoms with Crippen LogP contribution in [0.5, 0.6) is 0 Å². The number of nitrogens with zero attached hydrogens (tertiary/aromatic N) is 6. The van der Waals surface area contributed by atoms with Gasteiger partial charge in [0.15, 0.2) is 17.2 Å². The highest BCUT2D eigenvalue weighted by Gasteiger charge is 2.17. The zero-order chi connectivity index (χ0) is 19.9. The average Bonchev–Trinajstić information content (AvgIpc) is 3.43. The summed E-state index contributed by atoms with van der Waals surface area (Å²) in [5.74, 6) is 0.607. The Bertz CT molecular complexity index is 1490. The number of fused-ring (bicyclic) bond motifs is 2. The quantitative estimate of drug-likeness (QED) is 0.472. The van der Waals surface area contributed by atoms with Crippen molar-refractivity contribution in [2.45, 2.75) is 0 Å². The predicted octanol–water partition coefficient (Wildman–Crippen LogP) is 4.02. The number of aromatic nitrogens is 8. The highest BCUT2D eigenvalue weighted by molar-refractivity contribution is 5.94. The van der Waals surface area contributed by atoms with E-state index in [0.717, 1.165) is 39.1 Å². The molecule has 30 heavy (non-hydrogen) atoms. The first-order valence-electron chi connectivity index (χ1n) is 9.39. The molecule has 6 rings (SSSR count). The van der Waals surface area contributed by atoms with Gasteiger partial charge in [0.1, 0.15) is 11.0 Å². The molecule has 0 bridgehead atoms. The fourth-order valence-electron chi connectivity index (χ4n) is 3.51. The van der Waals surface area contributed by atoms with Crippen molar-refractivity contribution >= 4 is 22.2 Å². The van der Waals surface area contributed by atoms with Crippen LogP contribution in [0, 0.1) is 0 Å². The molecule has 0 saturated carbocycles. The summed E-state index contributed by atoms with van der Waals surface area (Å²) in [6, 6.07) is 15.5. The second kappa shape index (κ2) is 6.56. The summed E-state index contributed by atoms with van der Waals surface area (Å²) in [5, 5.41) is 7.49. The van der Waals surface area contributed by atoms with Gasteiger partial charge in [0.2, 0.25) is 0 Å². The van der Waals surface area contributed by atoms with Gasteiger partial charge in [-0.25, -0.2) is 15.0 Å². The van der Waals surface area contributed by atoms with Crippen LogP contribution in [-0.2, 0) is 0 Å². The van der Waals surface area contributed by atoms with Crippen LogP contribution >= 0.6 is 0 Å². The largest absolute Gasteiger partial charge is 0.321 e. The van der Waals surface area contributed by atoms with Gasteiger partial charge in [0, 0.05) is 30.4 Å². The fraction of sp³-hybridized carbons (Fsp3) is 0. The second-order valence-electron chi connectivity index (χ2n) is 6.76. The van der Waals surface area contributed by atoms with E-state index >= 15 is 0 Å². The first kappa shape index (κ1) is 16.5. The lowest BCUT2D eigenvalue weighted by atomic mass is 10.1. The van der Waals surface area contributed by atoms with E-state index in [1.54, 1.807) is 24.8 Å². The van der Waals surface area contributed by atoms with Crippen molar-refractivity contribution in [3.05, 3.63) is 73.3 Å². The molecule has 0 aliphatic rings. The smallest absolute Gasteiger partial charge is 0.162 e. The van der Waals surface area contributed by atoms with Crippen LogP contribution in [0.2, 0.25) is 0 Å². The summed E-state index contributed by atoms with van der Waals surface area (Å²) in [5.41, 5.74) is 7.24. The molecular weight excluding hydrogens is 376 g/mol. The number of imidazole rings is 1. The molecule has 0 aliphatic heterocycles. The summed E-state index contributed by atoms with van der Waals surface area (Å²) in [4.78, 5) is 25.8. The highest BCUT2D eigenvalue weighted by atomic mass is 15.2. The van der Waals surface area contributed by atoms with Crippen LogP contribution in [0.15, 0.2) is 73.3 Å². The van der Waals surface area contributed by atoms with Gasteiger partial charge in [-0.2, -0.15) is 5.10 Å². The maximum Gasteiger partial charge on any atom is 0.162 e. The van der Waals surface area contributed by atoms with Crippen molar-refractivity contribution in [1.29, 1.82) is 0 Å². The third-order valence-electron chi connectivity index (χ3n) is 4.94. The predicted molar refractivity (Wildman–Crippen MR) is 113 cm³/mol. The summed E-state index contributed by atoms with van der Waals surface area (Å²) >= 11 is 0. The van der Waals surface area contributed by atoms with Crippen LogP contribution < -0.4 is 0 Å². The Morgan fingerprint density at radius 2 is 1.63 bits per heavy atom. The van der Waals surface area contributed by atoms with E-state index in [1.807, 2.05) is 48.5 Å². The van der Waals surface area contributed by atoms with E-state index in [4.69, 9.17) is 9.97 Å². The summed E-state index contributed by atoms with van der Waals surface area (Å²) in [7, 11) is 0. The molecule has 8 heteroatoms. The number of aromatic amines is 2. The molecule has 0 amide bonds. The fourth-order valence-corrected chi connectivity index (χ4v) is 3.51. The van der Waals surface area contributed by atoms with Gasteiger partial charge in [-0.15, -0.1) is 0 Å². The minimum absolute atomic E-state index is 0.607. The first-order chi connectivity index (χ1) is 14.9. The molecular formula is C22H14N8. The lowest BCUT2D eigenvalue weighted by Gasteiger charge is -2.00. The molecule has 6 heterocycles. The van der Waals surface area contributed by atoms with Crippen molar-refractivity contribution in [3.8, 4) is 34.0 Å².